The van der Waals surface area contributed by atoms with Crippen LogP contribution in [0.15, 0.2) is 34.3 Å². The van der Waals surface area contributed by atoms with Crippen molar-refractivity contribution >= 4 is 27.7 Å². The molecule has 0 bridgehead atoms. The Labute approximate surface area is 178 Å². The lowest BCUT2D eigenvalue weighted by Gasteiger charge is -2.21. The zero-order valence-corrected chi connectivity index (χ0v) is 17.4. The van der Waals surface area contributed by atoms with Crippen molar-refractivity contribution in [3.8, 4) is 17.6 Å². The Morgan fingerprint density at radius 1 is 1.26 bits per heavy atom. The Morgan fingerprint density at radius 2 is 2.06 bits per heavy atom. The van der Waals surface area contributed by atoms with E-state index in [2.05, 4.69) is 9.98 Å². The molecule has 0 saturated heterocycles. The van der Waals surface area contributed by atoms with Crippen LogP contribution in [0.5, 0.6) is 11.5 Å². The molecule has 31 heavy (non-hydrogen) atoms. The molecule has 0 aromatic heterocycles. The molecule has 2 aliphatic heterocycles. The van der Waals surface area contributed by atoms with Gasteiger partial charge in [0.05, 0.1) is 30.1 Å². The Morgan fingerprint density at radius 3 is 2.81 bits per heavy atom. The first-order valence-electron chi connectivity index (χ1n) is 9.62. The van der Waals surface area contributed by atoms with Gasteiger partial charge in [-0.1, -0.05) is 6.92 Å². The summed E-state index contributed by atoms with van der Waals surface area (Å²) in [4.78, 5) is 10.7. The summed E-state index contributed by atoms with van der Waals surface area (Å²) in [6, 6.07) is 7.06. The van der Waals surface area contributed by atoms with E-state index in [9.17, 15) is 22.5 Å². The van der Waals surface area contributed by atoms with Crippen LogP contribution in [0.2, 0.25) is 0 Å². The third-order valence-electron chi connectivity index (χ3n) is 4.92. The van der Waals surface area contributed by atoms with Gasteiger partial charge in [0.1, 0.15) is 29.0 Å². The first kappa shape index (κ1) is 20.9. The summed E-state index contributed by atoms with van der Waals surface area (Å²) in [5.74, 6) is -2.70. The van der Waals surface area contributed by atoms with Gasteiger partial charge in [0, 0.05) is 23.7 Å². The van der Waals surface area contributed by atoms with E-state index < -0.39 is 44.1 Å². The molecule has 0 atom stereocenters. The molecule has 0 radical (unpaired) electrons. The number of rotatable bonds is 6. The SMILES string of the molecule is CCCS(=O)(=O)Cc1c(F)cc(F)c(Oc2ccc3c(c2)C2=NCCN2C=N3)c1C#N. The fraction of sp³-hybridized carbons (Fsp3) is 0.286. The monoisotopic (exact) mass is 444 g/mol. The van der Waals surface area contributed by atoms with Crippen LogP contribution in [0.3, 0.4) is 0 Å². The van der Waals surface area contributed by atoms with Crippen molar-refractivity contribution in [1.29, 1.82) is 5.26 Å². The number of aliphatic imine (C=N–C) groups is 2. The highest BCUT2D eigenvalue weighted by atomic mass is 32.2. The third kappa shape index (κ3) is 4.01. The van der Waals surface area contributed by atoms with Gasteiger partial charge in [0.25, 0.3) is 0 Å². The first-order valence-corrected chi connectivity index (χ1v) is 11.4. The zero-order valence-electron chi connectivity index (χ0n) is 16.6. The quantitative estimate of drug-likeness (QED) is 0.677. The Kier molecular flexibility index (Phi) is 5.45. The smallest absolute Gasteiger partial charge is 0.181 e. The number of nitriles is 1. The number of amidine groups is 1. The molecule has 0 saturated carbocycles. The van der Waals surface area contributed by atoms with Gasteiger partial charge in [-0.3, -0.25) is 4.99 Å². The summed E-state index contributed by atoms with van der Waals surface area (Å²) in [5.41, 5.74) is 0.467. The van der Waals surface area contributed by atoms with Crippen LogP contribution in [0.1, 0.15) is 30.0 Å². The van der Waals surface area contributed by atoms with E-state index in [1.165, 1.54) is 0 Å². The molecule has 0 unspecified atom stereocenters. The standard InChI is InChI=1S/C21H18F2N4O3S/c1-2-7-31(28,29)11-16-15(10-24)20(18(23)9-17(16)22)30-13-3-4-19-14(8-13)21-25-5-6-27(21)12-26-19/h3-4,8-9,12H,2,5-7,11H2,1H3. The van der Waals surface area contributed by atoms with E-state index in [1.54, 1.807) is 37.5 Å². The number of benzene rings is 2. The minimum absolute atomic E-state index is 0.172. The molecule has 4 rings (SSSR count). The molecule has 10 heteroatoms. The highest BCUT2D eigenvalue weighted by Gasteiger charge is 2.26. The summed E-state index contributed by atoms with van der Waals surface area (Å²) in [7, 11) is -3.67. The molecular formula is C21H18F2N4O3S. The number of hydrogen-bond acceptors (Lipinski definition) is 7. The van der Waals surface area contributed by atoms with Gasteiger partial charge < -0.3 is 9.64 Å². The summed E-state index contributed by atoms with van der Waals surface area (Å²) >= 11 is 0. The maximum atomic E-state index is 14.6. The van der Waals surface area contributed by atoms with Crippen molar-refractivity contribution < 1.29 is 21.9 Å². The molecule has 160 valence electrons. The van der Waals surface area contributed by atoms with Gasteiger partial charge in [-0.2, -0.15) is 5.26 Å². The normalized spacial score (nSPS) is 14.6. The topological polar surface area (TPSA) is 95.1 Å². The molecule has 0 N–H and O–H groups in total. The molecule has 0 amide bonds. The lowest BCUT2D eigenvalue weighted by molar-refractivity contribution is 0.434. The fourth-order valence-corrected chi connectivity index (χ4v) is 5.02. The van der Waals surface area contributed by atoms with Crippen LogP contribution in [0.4, 0.5) is 14.5 Å². The molecule has 0 spiro atoms. The molecule has 2 aromatic rings. The van der Waals surface area contributed by atoms with Gasteiger partial charge >= 0.3 is 0 Å². The molecule has 2 aromatic carbocycles. The van der Waals surface area contributed by atoms with Crippen molar-refractivity contribution in [2.24, 2.45) is 9.98 Å². The van der Waals surface area contributed by atoms with E-state index >= 15 is 0 Å². The average molecular weight is 444 g/mol. The Balaban J connectivity index is 1.74. The van der Waals surface area contributed by atoms with Crippen LogP contribution in [-0.4, -0.2) is 44.3 Å². The van der Waals surface area contributed by atoms with Gasteiger partial charge in [-0.15, -0.1) is 0 Å². The maximum Gasteiger partial charge on any atom is 0.181 e. The van der Waals surface area contributed by atoms with Crippen molar-refractivity contribution in [1.82, 2.24) is 4.90 Å². The Bertz CT molecular complexity index is 1270. The lowest BCUT2D eigenvalue weighted by Crippen LogP contribution is -2.29. The van der Waals surface area contributed by atoms with Crippen molar-refractivity contribution in [2.45, 2.75) is 19.1 Å². The second-order valence-corrected chi connectivity index (χ2v) is 9.34. The largest absolute Gasteiger partial charge is 0.453 e. The fourth-order valence-electron chi connectivity index (χ4n) is 3.53. The predicted molar refractivity (Wildman–Crippen MR) is 112 cm³/mol. The van der Waals surface area contributed by atoms with Crippen LogP contribution in [0, 0.1) is 23.0 Å². The molecule has 7 nitrogen and oxygen atoms in total. The van der Waals surface area contributed by atoms with E-state index in [-0.39, 0.29) is 11.5 Å². The highest BCUT2D eigenvalue weighted by molar-refractivity contribution is 7.90. The number of nitrogens with zero attached hydrogens (tertiary/aromatic N) is 4. The second-order valence-electron chi connectivity index (χ2n) is 7.15. The Hall–Kier alpha value is -3.32. The van der Waals surface area contributed by atoms with Gasteiger partial charge in [-0.05, 0) is 24.6 Å². The van der Waals surface area contributed by atoms with E-state index in [4.69, 9.17) is 4.74 Å². The van der Waals surface area contributed by atoms with E-state index in [0.29, 0.717) is 42.7 Å². The lowest BCUT2D eigenvalue weighted by atomic mass is 10.1. The first-order chi connectivity index (χ1) is 14.8. The van der Waals surface area contributed by atoms with Crippen molar-refractivity contribution in [2.75, 3.05) is 18.8 Å². The van der Waals surface area contributed by atoms with Gasteiger partial charge in [0.2, 0.25) is 0 Å². The third-order valence-corrected chi connectivity index (χ3v) is 6.68. The molecule has 2 aliphatic rings. The number of hydrogen-bond donors (Lipinski definition) is 0. The summed E-state index contributed by atoms with van der Waals surface area (Å²) < 4.78 is 59.0. The van der Waals surface area contributed by atoms with E-state index in [1.807, 2.05) is 4.90 Å². The number of ether oxygens (including phenoxy) is 1. The molecule has 0 aliphatic carbocycles. The van der Waals surface area contributed by atoms with Crippen LogP contribution in [0.25, 0.3) is 0 Å². The summed E-state index contributed by atoms with van der Waals surface area (Å²) in [5, 5.41) is 9.57. The zero-order chi connectivity index (χ0) is 22.2. The van der Waals surface area contributed by atoms with E-state index in [0.717, 1.165) is 0 Å². The highest BCUT2D eigenvalue weighted by Crippen LogP contribution is 2.36. The predicted octanol–water partition coefficient (Wildman–Crippen LogP) is 3.69. The molecule has 0 fully saturated rings. The summed E-state index contributed by atoms with van der Waals surface area (Å²) in [6.07, 6.45) is 2.03. The molecule has 2 heterocycles. The van der Waals surface area contributed by atoms with Crippen LogP contribution >= 0.6 is 0 Å². The van der Waals surface area contributed by atoms with Gasteiger partial charge in [-0.25, -0.2) is 22.2 Å². The van der Waals surface area contributed by atoms with Gasteiger partial charge in [0.15, 0.2) is 21.4 Å². The minimum atomic E-state index is -3.67. The number of halogens is 2. The number of fused-ring (bicyclic) bond motifs is 3. The minimum Gasteiger partial charge on any atom is -0.453 e. The maximum absolute atomic E-state index is 14.6. The average Bonchev–Trinajstić information content (AvgIpc) is 3.21. The van der Waals surface area contributed by atoms with Crippen LogP contribution in [-0.2, 0) is 15.6 Å². The number of sulfone groups is 1. The second kappa shape index (κ2) is 8.07. The van der Waals surface area contributed by atoms with Crippen molar-refractivity contribution in [3.63, 3.8) is 0 Å². The van der Waals surface area contributed by atoms with Crippen molar-refractivity contribution in [3.05, 3.63) is 52.6 Å². The molecular weight excluding hydrogens is 426 g/mol. The summed E-state index contributed by atoms with van der Waals surface area (Å²) in [6.45, 7) is 2.99. The van der Waals surface area contributed by atoms with Crippen LogP contribution < -0.4 is 4.74 Å².